The van der Waals surface area contributed by atoms with Crippen molar-refractivity contribution in [2.75, 3.05) is 6.61 Å². The molecule has 80 valence electrons. The fraction of sp³-hybridized carbons (Fsp3) is 0.0833. The maximum atomic E-state index is 5.42. The molecule has 0 unspecified atom stereocenters. The summed E-state index contributed by atoms with van der Waals surface area (Å²) in [7, 11) is 0. The van der Waals surface area contributed by atoms with Gasteiger partial charge in [-0.3, -0.25) is 0 Å². The average molecular weight is 278 g/mol. The second kappa shape index (κ2) is 4.86. The van der Waals surface area contributed by atoms with Crippen LogP contribution in [0.15, 0.2) is 39.5 Å². The Hall–Kier alpha value is -1.73. The number of rotatable bonds is 3. The van der Waals surface area contributed by atoms with E-state index in [4.69, 9.17) is 15.7 Å². The number of ether oxygens (including phenoxy) is 1. The van der Waals surface area contributed by atoms with Crippen molar-refractivity contribution in [3.8, 4) is 29.4 Å². The van der Waals surface area contributed by atoms with Gasteiger partial charge in [-0.15, -0.1) is 6.42 Å². The molecule has 0 atom stereocenters. The van der Waals surface area contributed by atoms with Crippen LogP contribution in [0, 0.1) is 12.3 Å². The standard InChI is InChI=1S/C12H8BrNO2/c1-2-7-15-11-4-3-9(13)8-10(11)12-5-6-14-16-12/h1,3-6,8H,7H2. The van der Waals surface area contributed by atoms with Crippen molar-refractivity contribution in [3.63, 3.8) is 0 Å². The molecular formula is C12H8BrNO2. The molecule has 1 aromatic carbocycles. The van der Waals surface area contributed by atoms with Crippen LogP contribution in [-0.2, 0) is 0 Å². The number of nitrogens with zero attached hydrogens (tertiary/aromatic N) is 1. The molecule has 2 aromatic rings. The second-order valence-corrected chi connectivity index (χ2v) is 3.93. The summed E-state index contributed by atoms with van der Waals surface area (Å²) in [6, 6.07) is 7.38. The van der Waals surface area contributed by atoms with Crippen LogP contribution in [0.4, 0.5) is 0 Å². The third-order valence-electron chi connectivity index (χ3n) is 1.96. The number of halogens is 1. The minimum absolute atomic E-state index is 0.225. The molecule has 4 heteroatoms. The summed E-state index contributed by atoms with van der Waals surface area (Å²) < 4.78 is 11.5. The van der Waals surface area contributed by atoms with Gasteiger partial charge in [0.05, 0.1) is 11.8 Å². The molecule has 0 aliphatic rings. The lowest BCUT2D eigenvalue weighted by molar-refractivity contribution is 0.368. The molecule has 0 N–H and O–H groups in total. The Kier molecular flexibility index (Phi) is 3.28. The van der Waals surface area contributed by atoms with Crippen molar-refractivity contribution in [2.24, 2.45) is 0 Å². The van der Waals surface area contributed by atoms with Gasteiger partial charge < -0.3 is 9.26 Å². The van der Waals surface area contributed by atoms with Crippen LogP contribution in [0.2, 0.25) is 0 Å². The highest BCUT2D eigenvalue weighted by atomic mass is 79.9. The predicted octanol–water partition coefficient (Wildman–Crippen LogP) is 3.12. The largest absolute Gasteiger partial charge is 0.480 e. The Morgan fingerprint density at radius 2 is 2.31 bits per heavy atom. The lowest BCUT2D eigenvalue weighted by atomic mass is 10.1. The van der Waals surface area contributed by atoms with Crippen LogP contribution in [0.5, 0.6) is 5.75 Å². The van der Waals surface area contributed by atoms with Gasteiger partial charge in [0.25, 0.3) is 0 Å². The van der Waals surface area contributed by atoms with E-state index in [9.17, 15) is 0 Å². The van der Waals surface area contributed by atoms with Crippen LogP contribution < -0.4 is 4.74 Å². The smallest absolute Gasteiger partial charge is 0.170 e. The quantitative estimate of drug-likeness (QED) is 0.809. The number of benzene rings is 1. The van der Waals surface area contributed by atoms with Crippen LogP contribution in [0.25, 0.3) is 11.3 Å². The van der Waals surface area contributed by atoms with Gasteiger partial charge in [-0.2, -0.15) is 0 Å². The van der Waals surface area contributed by atoms with Crippen molar-refractivity contribution in [1.29, 1.82) is 0 Å². The molecule has 16 heavy (non-hydrogen) atoms. The summed E-state index contributed by atoms with van der Waals surface area (Å²) >= 11 is 3.39. The highest BCUT2D eigenvalue weighted by molar-refractivity contribution is 9.10. The van der Waals surface area contributed by atoms with Crippen LogP contribution >= 0.6 is 15.9 Å². The van der Waals surface area contributed by atoms with Gasteiger partial charge in [0.2, 0.25) is 0 Å². The van der Waals surface area contributed by atoms with Crippen molar-refractivity contribution < 1.29 is 9.26 Å². The van der Waals surface area contributed by atoms with E-state index < -0.39 is 0 Å². The minimum Gasteiger partial charge on any atom is -0.480 e. The Morgan fingerprint density at radius 3 is 3.00 bits per heavy atom. The number of aromatic nitrogens is 1. The molecule has 0 bridgehead atoms. The second-order valence-electron chi connectivity index (χ2n) is 3.01. The first kappa shape index (κ1) is 10.8. The van der Waals surface area contributed by atoms with Crippen molar-refractivity contribution >= 4 is 15.9 Å². The first-order valence-corrected chi connectivity index (χ1v) is 5.37. The normalized spacial score (nSPS) is 9.75. The molecular weight excluding hydrogens is 270 g/mol. The summed E-state index contributed by atoms with van der Waals surface area (Å²) in [5, 5.41) is 3.66. The van der Waals surface area contributed by atoms with Crippen molar-refractivity contribution in [2.45, 2.75) is 0 Å². The maximum Gasteiger partial charge on any atom is 0.170 e. The molecule has 2 rings (SSSR count). The third-order valence-corrected chi connectivity index (χ3v) is 2.45. The summed E-state index contributed by atoms with van der Waals surface area (Å²) in [6.07, 6.45) is 6.74. The maximum absolute atomic E-state index is 5.42. The lowest BCUT2D eigenvalue weighted by Gasteiger charge is -2.07. The van der Waals surface area contributed by atoms with Crippen molar-refractivity contribution in [1.82, 2.24) is 5.16 Å². The van der Waals surface area contributed by atoms with E-state index in [0.717, 1.165) is 10.0 Å². The minimum atomic E-state index is 0.225. The van der Waals surface area contributed by atoms with E-state index in [0.29, 0.717) is 11.5 Å². The summed E-state index contributed by atoms with van der Waals surface area (Å²) in [4.78, 5) is 0. The summed E-state index contributed by atoms with van der Waals surface area (Å²) in [5.41, 5.74) is 0.821. The van der Waals surface area contributed by atoms with E-state index in [1.807, 2.05) is 18.2 Å². The highest BCUT2D eigenvalue weighted by Gasteiger charge is 2.10. The number of hydrogen-bond acceptors (Lipinski definition) is 3. The number of terminal acetylenes is 1. The molecule has 0 amide bonds. The monoisotopic (exact) mass is 277 g/mol. The van der Waals surface area contributed by atoms with E-state index in [2.05, 4.69) is 27.0 Å². The number of hydrogen-bond donors (Lipinski definition) is 0. The van der Waals surface area contributed by atoms with Crippen LogP contribution in [0.1, 0.15) is 0 Å². The summed E-state index contributed by atoms with van der Waals surface area (Å²) in [6.45, 7) is 0.225. The molecule has 1 heterocycles. The van der Waals surface area contributed by atoms with Crippen molar-refractivity contribution in [3.05, 3.63) is 34.9 Å². The zero-order valence-corrected chi connectivity index (χ0v) is 9.90. The molecule has 0 aliphatic carbocycles. The van der Waals surface area contributed by atoms with Crippen LogP contribution in [0.3, 0.4) is 0 Å². The third kappa shape index (κ3) is 2.26. The Labute approximate surface area is 102 Å². The van der Waals surface area contributed by atoms with Gasteiger partial charge in [0.15, 0.2) is 5.76 Å². The molecule has 0 fully saturated rings. The lowest BCUT2D eigenvalue weighted by Crippen LogP contribution is -1.95. The predicted molar refractivity (Wildman–Crippen MR) is 64.0 cm³/mol. The molecule has 0 aliphatic heterocycles. The molecule has 0 saturated carbocycles. The molecule has 0 spiro atoms. The van der Waals surface area contributed by atoms with Gasteiger partial charge >= 0.3 is 0 Å². The van der Waals surface area contributed by atoms with Crippen LogP contribution in [-0.4, -0.2) is 11.8 Å². The Morgan fingerprint density at radius 1 is 1.44 bits per heavy atom. The average Bonchev–Trinajstić information content (AvgIpc) is 2.80. The fourth-order valence-electron chi connectivity index (χ4n) is 1.29. The van der Waals surface area contributed by atoms with E-state index >= 15 is 0 Å². The first-order chi connectivity index (χ1) is 7.81. The zero-order valence-electron chi connectivity index (χ0n) is 8.31. The van der Waals surface area contributed by atoms with Gasteiger partial charge in [-0.05, 0) is 18.2 Å². The first-order valence-electron chi connectivity index (χ1n) is 4.58. The topological polar surface area (TPSA) is 35.3 Å². The zero-order chi connectivity index (χ0) is 11.4. The molecule has 3 nitrogen and oxygen atoms in total. The molecule has 0 radical (unpaired) electrons. The summed E-state index contributed by atoms with van der Waals surface area (Å²) in [5.74, 6) is 3.75. The fourth-order valence-corrected chi connectivity index (χ4v) is 1.66. The van der Waals surface area contributed by atoms with E-state index in [-0.39, 0.29) is 6.61 Å². The highest BCUT2D eigenvalue weighted by Crippen LogP contribution is 2.32. The van der Waals surface area contributed by atoms with E-state index in [1.54, 1.807) is 12.3 Å². The van der Waals surface area contributed by atoms with E-state index in [1.165, 1.54) is 0 Å². The Bertz CT molecular complexity index is 514. The molecule has 0 saturated heterocycles. The van der Waals surface area contributed by atoms with Gasteiger partial charge in [0.1, 0.15) is 12.4 Å². The SMILES string of the molecule is C#CCOc1ccc(Br)cc1-c1ccno1. The Balaban J connectivity index is 2.41. The van der Waals surface area contributed by atoms with Gasteiger partial charge in [-0.1, -0.05) is 27.0 Å². The van der Waals surface area contributed by atoms with Gasteiger partial charge in [-0.25, -0.2) is 0 Å². The molecule has 1 aromatic heterocycles. The van der Waals surface area contributed by atoms with Gasteiger partial charge in [0, 0.05) is 10.5 Å².